The van der Waals surface area contributed by atoms with E-state index in [0.29, 0.717) is 16.8 Å². The van der Waals surface area contributed by atoms with E-state index in [9.17, 15) is 4.39 Å². The van der Waals surface area contributed by atoms with E-state index in [-0.39, 0.29) is 11.6 Å². The second kappa shape index (κ2) is 8.17. The molecule has 142 valence electrons. The van der Waals surface area contributed by atoms with Crippen molar-refractivity contribution in [2.75, 3.05) is 0 Å². The van der Waals surface area contributed by atoms with Crippen molar-refractivity contribution in [3.63, 3.8) is 0 Å². The summed E-state index contributed by atoms with van der Waals surface area (Å²) in [6.45, 7) is 1.71. The lowest BCUT2D eigenvalue weighted by Crippen LogP contribution is -2.04. The van der Waals surface area contributed by atoms with Gasteiger partial charge in [0.15, 0.2) is 23.5 Å². The lowest BCUT2D eigenvalue weighted by Gasteiger charge is -2.11. The molecule has 4 aromatic rings. The molecule has 0 aliphatic rings. The number of aromatic nitrogens is 6. The Morgan fingerprint density at radius 3 is 2.68 bits per heavy atom. The largest absolute Gasteiger partial charge is 0.478 e. The minimum Gasteiger partial charge on any atom is -0.478 e. The highest BCUT2D eigenvalue weighted by Gasteiger charge is 2.18. The number of benzene rings is 2. The fourth-order valence-corrected chi connectivity index (χ4v) is 3.09. The standard InChI is InChI=1S/C18H15FN6O2S/c1-12(26-15-10-6-5-9-14(15)19)17-21-22-18(27-17)28-11-16-20-23-24-25(16)13-7-3-2-4-8-13/h2-10,12H,11H2,1H3. The van der Waals surface area contributed by atoms with Crippen LogP contribution < -0.4 is 4.74 Å². The molecule has 0 aliphatic heterocycles. The average molecular weight is 398 g/mol. The number of nitrogens with zero attached hydrogens (tertiary/aromatic N) is 6. The molecule has 4 rings (SSSR count). The van der Waals surface area contributed by atoms with E-state index in [1.165, 1.54) is 17.8 Å². The summed E-state index contributed by atoms with van der Waals surface area (Å²) in [5, 5.41) is 20.1. The van der Waals surface area contributed by atoms with Crippen LogP contribution in [-0.4, -0.2) is 30.4 Å². The zero-order chi connectivity index (χ0) is 19.3. The van der Waals surface area contributed by atoms with Crippen LogP contribution in [-0.2, 0) is 5.75 Å². The third-order valence-corrected chi connectivity index (χ3v) is 4.58. The summed E-state index contributed by atoms with van der Waals surface area (Å²) < 4.78 is 26.5. The molecule has 8 nitrogen and oxygen atoms in total. The molecule has 0 aliphatic carbocycles. The maximum absolute atomic E-state index is 13.7. The van der Waals surface area contributed by atoms with E-state index in [0.717, 1.165) is 5.69 Å². The number of para-hydroxylation sites is 2. The zero-order valence-corrected chi connectivity index (χ0v) is 15.6. The predicted octanol–water partition coefficient (Wildman–Crippen LogP) is 3.62. The normalized spacial score (nSPS) is 12.1. The van der Waals surface area contributed by atoms with Gasteiger partial charge in [-0.3, -0.25) is 0 Å². The van der Waals surface area contributed by atoms with Crippen molar-refractivity contribution in [1.82, 2.24) is 30.4 Å². The quantitative estimate of drug-likeness (QED) is 0.436. The number of tetrazole rings is 1. The molecule has 0 bridgehead atoms. The number of halogens is 1. The third kappa shape index (κ3) is 4.01. The van der Waals surface area contributed by atoms with Crippen LogP contribution in [0.1, 0.15) is 24.7 Å². The Morgan fingerprint density at radius 1 is 1.07 bits per heavy atom. The minimum absolute atomic E-state index is 0.129. The topological polar surface area (TPSA) is 91.8 Å². The number of thioether (sulfide) groups is 1. The monoisotopic (exact) mass is 398 g/mol. The molecule has 2 aromatic carbocycles. The molecule has 0 amide bonds. The maximum atomic E-state index is 13.7. The molecule has 0 saturated heterocycles. The molecule has 2 aromatic heterocycles. The second-order valence-corrected chi connectivity index (χ2v) is 6.65. The Labute approximate surface area is 163 Å². The summed E-state index contributed by atoms with van der Waals surface area (Å²) in [5.41, 5.74) is 0.862. The molecule has 0 saturated carbocycles. The van der Waals surface area contributed by atoms with Gasteiger partial charge in [0.2, 0.25) is 0 Å². The Bertz CT molecular complexity index is 1050. The van der Waals surface area contributed by atoms with Crippen LogP contribution in [0.3, 0.4) is 0 Å². The minimum atomic E-state index is -0.589. The number of ether oxygens (including phenoxy) is 1. The smallest absolute Gasteiger partial charge is 0.277 e. The molecular formula is C18H15FN6O2S. The van der Waals surface area contributed by atoms with E-state index in [4.69, 9.17) is 9.15 Å². The van der Waals surface area contributed by atoms with Gasteiger partial charge in [0.25, 0.3) is 11.1 Å². The molecule has 0 radical (unpaired) electrons. The van der Waals surface area contributed by atoms with Crippen molar-refractivity contribution in [2.24, 2.45) is 0 Å². The van der Waals surface area contributed by atoms with Gasteiger partial charge in [0.1, 0.15) is 0 Å². The SMILES string of the molecule is CC(Oc1ccccc1F)c1nnc(SCc2nnnn2-c2ccccc2)o1. The molecule has 0 fully saturated rings. The summed E-state index contributed by atoms with van der Waals surface area (Å²) in [7, 11) is 0. The summed E-state index contributed by atoms with van der Waals surface area (Å²) >= 11 is 1.30. The van der Waals surface area contributed by atoms with Gasteiger partial charge >= 0.3 is 0 Å². The van der Waals surface area contributed by atoms with Crippen molar-refractivity contribution in [1.29, 1.82) is 0 Å². The predicted molar refractivity (Wildman–Crippen MR) is 98.5 cm³/mol. The lowest BCUT2D eigenvalue weighted by atomic mass is 10.3. The maximum Gasteiger partial charge on any atom is 0.277 e. The number of hydrogen-bond acceptors (Lipinski definition) is 8. The van der Waals surface area contributed by atoms with Gasteiger partial charge in [-0.05, 0) is 41.6 Å². The van der Waals surface area contributed by atoms with Crippen LogP contribution in [0, 0.1) is 5.82 Å². The van der Waals surface area contributed by atoms with Gasteiger partial charge in [0, 0.05) is 0 Å². The average Bonchev–Trinajstić information content (AvgIpc) is 3.38. The van der Waals surface area contributed by atoms with Crippen LogP contribution in [0.25, 0.3) is 5.69 Å². The van der Waals surface area contributed by atoms with Crippen LogP contribution in [0.4, 0.5) is 4.39 Å². The fraction of sp³-hybridized carbons (Fsp3) is 0.167. The Morgan fingerprint density at radius 2 is 1.86 bits per heavy atom. The van der Waals surface area contributed by atoms with Gasteiger partial charge in [-0.25, -0.2) is 4.39 Å². The number of rotatable bonds is 7. The van der Waals surface area contributed by atoms with E-state index in [1.807, 2.05) is 30.3 Å². The van der Waals surface area contributed by atoms with E-state index >= 15 is 0 Å². The Kier molecular flexibility index (Phi) is 5.29. The first-order valence-corrected chi connectivity index (χ1v) is 9.39. The van der Waals surface area contributed by atoms with Crippen molar-refractivity contribution in [3.05, 3.63) is 72.1 Å². The van der Waals surface area contributed by atoms with Gasteiger partial charge in [0.05, 0.1) is 11.4 Å². The lowest BCUT2D eigenvalue weighted by molar-refractivity contribution is 0.174. The van der Waals surface area contributed by atoms with Crippen LogP contribution >= 0.6 is 11.8 Å². The molecule has 1 atom stereocenters. The molecule has 10 heteroatoms. The van der Waals surface area contributed by atoms with Gasteiger partial charge in [-0.15, -0.1) is 15.3 Å². The first-order chi connectivity index (χ1) is 13.7. The van der Waals surface area contributed by atoms with Crippen LogP contribution in [0.2, 0.25) is 0 Å². The van der Waals surface area contributed by atoms with Crippen molar-refractivity contribution in [2.45, 2.75) is 24.0 Å². The molecule has 0 N–H and O–H groups in total. The summed E-state index contributed by atoms with van der Waals surface area (Å²) in [6.07, 6.45) is -0.589. The molecule has 28 heavy (non-hydrogen) atoms. The molecule has 0 spiro atoms. The molecule has 2 heterocycles. The third-order valence-electron chi connectivity index (χ3n) is 3.77. The molecular weight excluding hydrogens is 383 g/mol. The Balaban J connectivity index is 1.41. The highest BCUT2D eigenvalue weighted by molar-refractivity contribution is 7.98. The van der Waals surface area contributed by atoms with Gasteiger partial charge in [-0.2, -0.15) is 4.68 Å². The number of hydrogen-bond donors (Lipinski definition) is 0. The first-order valence-electron chi connectivity index (χ1n) is 8.41. The Hall–Kier alpha value is -3.27. The summed E-state index contributed by atoms with van der Waals surface area (Å²) in [4.78, 5) is 0. The van der Waals surface area contributed by atoms with Gasteiger partial charge < -0.3 is 9.15 Å². The van der Waals surface area contributed by atoms with Crippen LogP contribution in [0.5, 0.6) is 5.75 Å². The van der Waals surface area contributed by atoms with E-state index in [1.54, 1.807) is 29.8 Å². The van der Waals surface area contributed by atoms with Crippen molar-refractivity contribution in [3.8, 4) is 11.4 Å². The van der Waals surface area contributed by atoms with E-state index < -0.39 is 11.9 Å². The second-order valence-electron chi connectivity index (χ2n) is 5.73. The van der Waals surface area contributed by atoms with E-state index in [2.05, 4.69) is 25.7 Å². The fourth-order valence-electron chi connectivity index (χ4n) is 2.42. The van der Waals surface area contributed by atoms with Crippen molar-refractivity contribution >= 4 is 11.8 Å². The van der Waals surface area contributed by atoms with Crippen LogP contribution in [0.15, 0.2) is 64.2 Å². The first kappa shape index (κ1) is 18.1. The summed E-state index contributed by atoms with van der Waals surface area (Å²) in [5.74, 6) is 1.02. The zero-order valence-electron chi connectivity index (χ0n) is 14.8. The highest BCUT2D eigenvalue weighted by atomic mass is 32.2. The summed E-state index contributed by atoms with van der Waals surface area (Å²) in [6, 6.07) is 15.7. The van der Waals surface area contributed by atoms with Crippen molar-refractivity contribution < 1.29 is 13.5 Å². The molecule has 1 unspecified atom stereocenters. The highest BCUT2D eigenvalue weighted by Crippen LogP contribution is 2.27. The van der Waals surface area contributed by atoms with Gasteiger partial charge in [-0.1, -0.05) is 42.1 Å².